The van der Waals surface area contributed by atoms with E-state index in [0.29, 0.717) is 80.6 Å². The highest BCUT2D eigenvalue weighted by Gasteiger charge is 2.37. The first-order valence-corrected chi connectivity index (χ1v) is 33.2. The quantitative estimate of drug-likeness (QED) is 0.0812. The number of amides is 2. The molecule has 12 rings (SSSR count). The summed E-state index contributed by atoms with van der Waals surface area (Å²) in [6.45, 7) is 1.45. The van der Waals surface area contributed by atoms with E-state index in [-0.39, 0.29) is 41.5 Å². The number of pyridine rings is 2. The van der Waals surface area contributed by atoms with Crippen molar-refractivity contribution < 1.29 is 29.0 Å². The van der Waals surface area contributed by atoms with Crippen LogP contribution in [0.25, 0.3) is 20.9 Å². The highest BCUT2D eigenvalue weighted by molar-refractivity contribution is 7.15. The van der Waals surface area contributed by atoms with Gasteiger partial charge in [0.15, 0.2) is 0 Å². The molecule has 2 amide bonds. The fraction of sp³-hybridized carbons (Fsp3) is 0.536. The minimum absolute atomic E-state index is 0.0629. The molecule has 16 heteroatoms. The molecular formula is C69H86N8O6S2. The third-order valence-corrected chi connectivity index (χ3v) is 21.7. The average Bonchev–Trinajstić information content (AvgIpc) is 4.15. The normalized spacial score (nSPS) is 24.1. The number of rotatable bonds is 18. The van der Waals surface area contributed by atoms with Crippen molar-refractivity contribution in [3.8, 4) is 20.9 Å². The molecular weight excluding hydrogens is 1100 g/mol. The zero-order chi connectivity index (χ0) is 59.1. The number of carbonyl (C=O) groups excluding carboxylic acids is 3. The van der Waals surface area contributed by atoms with Crippen LogP contribution in [0.1, 0.15) is 173 Å². The molecule has 4 aromatic heterocycles. The number of aliphatic carboxylic acids is 1. The van der Waals surface area contributed by atoms with Gasteiger partial charge >= 0.3 is 11.9 Å². The van der Waals surface area contributed by atoms with Gasteiger partial charge in [0.2, 0.25) is 11.8 Å². The van der Waals surface area contributed by atoms with Crippen molar-refractivity contribution in [1.29, 1.82) is 0 Å². The van der Waals surface area contributed by atoms with Crippen LogP contribution < -0.4 is 19.6 Å². The monoisotopic (exact) mass is 1190 g/mol. The number of hydrogen-bond acceptors (Lipinski definition) is 13. The maximum absolute atomic E-state index is 14.2. The number of thiazole rings is 2. The molecule has 6 aliphatic carbocycles. The SMILES string of the molecule is CN(C)c1ccc(C2CCC(CN(C(=O)C3CCC(C(=O)O)CC3)c3cccc(-c4cnc(C5CC5)s4)c3)CC2)cn1.COC(=O)C1CCC(C(=O)N(CC2CCC(c3ccc(N(C)C)nc3)CC2)c2cccc(-c3cnc(C4CC4)s3)c2)CC1. The van der Waals surface area contributed by atoms with Crippen molar-refractivity contribution in [2.75, 3.05) is 68.0 Å². The van der Waals surface area contributed by atoms with Crippen LogP contribution in [-0.4, -0.2) is 97.2 Å². The van der Waals surface area contributed by atoms with E-state index in [4.69, 9.17) is 9.72 Å². The van der Waals surface area contributed by atoms with E-state index in [1.165, 1.54) is 58.8 Å². The number of carboxylic acids is 1. The van der Waals surface area contributed by atoms with Gasteiger partial charge in [-0.15, -0.1) is 22.7 Å². The van der Waals surface area contributed by atoms with E-state index in [1.54, 1.807) is 22.7 Å². The lowest BCUT2D eigenvalue weighted by Crippen LogP contribution is -2.42. The number of esters is 1. The van der Waals surface area contributed by atoms with Gasteiger partial charge in [0.25, 0.3) is 0 Å². The highest BCUT2D eigenvalue weighted by atomic mass is 32.1. The van der Waals surface area contributed by atoms with Crippen molar-refractivity contribution in [2.24, 2.45) is 35.5 Å². The molecule has 6 saturated carbocycles. The van der Waals surface area contributed by atoms with Crippen LogP contribution >= 0.6 is 22.7 Å². The Balaban J connectivity index is 0.000000177. The van der Waals surface area contributed by atoms with E-state index >= 15 is 0 Å². The summed E-state index contributed by atoms with van der Waals surface area (Å²) >= 11 is 3.56. The van der Waals surface area contributed by atoms with Crippen LogP contribution in [0.5, 0.6) is 0 Å². The van der Waals surface area contributed by atoms with Crippen molar-refractivity contribution in [3.05, 3.63) is 119 Å². The number of carboxylic acid groups (broad SMARTS) is 1. The number of ether oxygens (including phenoxy) is 1. The molecule has 2 aromatic carbocycles. The second kappa shape index (κ2) is 27.5. The fourth-order valence-electron chi connectivity index (χ4n) is 13.6. The largest absolute Gasteiger partial charge is 0.481 e. The number of benzene rings is 2. The lowest BCUT2D eigenvalue weighted by atomic mass is 9.78. The fourth-order valence-corrected chi connectivity index (χ4v) is 15.8. The molecule has 0 radical (unpaired) electrons. The Morgan fingerprint density at radius 1 is 0.471 bits per heavy atom. The molecule has 6 aliphatic rings. The maximum atomic E-state index is 14.2. The Hall–Kier alpha value is -6.52. The summed E-state index contributed by atoms with van der Waals surface area (Å²) in [7, 11) is 9.51. The number of carbonyl (C=O) groups is 4. The Morgan fingerprint density at radius 2 is 0.859 bits per heavy atom. The Kier molecular flexibility index (Phi) is 19.4. The molecule has 0 atom stereocenters. The molecule has 0 bridgehead atoms. The van der Waals surface area contributed by atoms with E-state index in [2.05, 4.69) is 92.6 Å². The number of aromatic nitrogens is 4. The number of hydrogen-bond donors (Lipinski definition) is 1. The third kappa shape index (κ3) is 15.0. The zero-order valence-electron chi connectivity index (χ0n) is 50.5. The maximum Gasteiger partial charge on any atom is 0.308 e. The predicted octanol–water partition coefficient (Wildman–Crippen LogP) is 14.8. The van der Waals surface area contributed by atoms with Crippen LogP contribution in [0.3, 0.4) is 0 Å². The zero-order valence-corrected chi connectivity index (χ0v) is 52.1. The first-order valence-electron chi connectivity index (χ1n) is 31.6. The van der Waals surface area contributed by atoms with Crippen LogP contribution in [-0.2, 0) is 23.9 Å². The van der Waals surface area contributed by atoms with E-state index in [1.807, 2.05) is 67.7 Å². The van der Waals surface area contributed by atoms with E-state index < -0.39 is 5.97 Å². The third-order valence-electron chi connectivity index (χ3n) is 19.3. The van der Waals surface area contributed by atoms with E-state index in [9.17, 15) is 24.3 Å². The summed E-state index contributed by atoms with van der Waals surface area (Å²) in [6.07, 6.45) is 27.1. The summed E-state index contributed by atoms with van der Waals surface area (Å²) in [5.74, 6) is 4.03. The van der Waals surface area contributed by atoms with Gasteiger partial charge in [0, 0.05) is 101 Å². The molecule has 85 heavy (non-hydrogen) atoms. The van der Waals surface area contributed by atoms with Crippen molar-refractivity contribution in [2.45, 2.75) is 152 Å². The first kappa shape index (κ1) is 60.2. The van der Waals surface area contributed by atoms with Crippen LogP contribution in [0.2, 0.25) is 0 Å². The van der Waals surface area contributed by atoms with Gasteiger partial charge in [-0.25, -0.2) is 19.9 Å². The molecule has 4 heterocycles. The summed E-state index contributed by atoms with van der Waals surface area (Å²) in [6, 6.07) is 25.6. The molecule has 6 fully saturated rings. The Labute approximate surface area is 510 Å². The number of methoxy groups -OCH3 is 1. The van der Waals surface area contributed by atoms with E-state index in [0.717, 1.165) is 110 Å². The summed E-state index contributed by atoms with van der Waals surface area (Å²) in [5.41, 5.74) is 6.80. The van der Waals surface area contributed by atoms with Crippen molar-refractivity contribution >= 4 is 69.4 Å². The van der Waals surface area contributed by atoms with Gasteiger partial charge in [-0.2, -0.15) is 0 Å². The number of anilines is 4. The van der Waals surface area contributed by atoms with Crippen LogP contribution in [0.4, 0.5) is 23.0 Å². The second-order valence-corrected chi connectivity index (χ2v) is 27.9. The lowest BCUT2D eigenvalue weighted by Gasteiger charge is -2.36. The van der Waals surface area contributed by atoms with Crippen molar-refractivity contribution in [3.63, 3.8) is 0 Å². The molecule has 0 saturated heterocycles. The van der Waals surface area contributed by atoms with Gasteiger partial charge in [0.1, 0.15) is 11.6 Å². The molecule has 450 valence electrons. The smallest absolute Gasteiger partial charge is 0.308 e. The standard InChI is InChI=1S/C35H44N4O3S.C34H42N4O3S/c1-38(2)32-18-17-29(20-36-32)24-9-7-23(8-10-24)22-39(34(40)26-13-15-27(16-14-26)35(41)42-3)30-6-4-5-28(19-30)31-21-37-33(43-31)25-11-12-25;1-37(2)31-17-16-28(19-35-31)23-8-6-22(7-9-23)21-38(33(39)25-12-14-26(15-13-25)34(40)41)29-5-3-4-27(18-29)30-20-36-32(42-30)24-10-11-24/h4-6,17-21,23-27H,7-16,22H2,1-3H3;3-5,16-20,22-26H,6-15,21H2,1-2H3,(H,40,41). The van der Waals surface area contributed by atoms with Gasteiger partial charge in [-0.05, 0) is 211 Å². The highest BCUT2D eigenvalue weighted by Crippen LogP contribution is 2.46. The number of nitrogens with zero attached hydrogens (tertiary/aromatic N) is 8. The minimum atomic E-state index is -0.733. The summed E-state index contributed by atoms with van der Waals surface area (Å²) < 4.78 is 4.99. The van der Waals surface area contributed by atoms with Crippen LogP contribution in [0.15, 0.2) is 97.6 Å². The summed E-state index contributed by atoms with van der Waals surface area (Å²) in [5, 5.41) is 11.9. The second-order valence-electron chi connectivity index (χ2n) is 25.8. The predicted molar refractivity (Wildman–Crippen MR) is 341 cm³/mol. The van der Waals surface area contributed by atoms with Gasteiger partial charge in [-0.1, -0.05) is 36.4 Å². The lowest BCUT2D eigenvalue weighted by molar-refractivity contribution is -0.147. The topological polar surface area (TPSA) is 162 Å². The Morgan fingerprint density at radius 3 is 1.21 bits per heavy atom. The molecule has 0 spiro atoms. The Bertz CT molecular complexity index is 3210. The van der Waals surface area contributed by atoms with Crippen LogP contribution in [0, 0.1) is 35.5 Å². The van der Waals surface area contributed by atoms with Gasteiger partial charge in [0.05, 0.1) is 38.7 Å². The first-order chi connectivity index (χ1) is 41.2. The molecule has 0 unspecified atom stereocenters. The van der Waals surface area contributed by atoms with Crippen molar-refractivity contribution in [1.82, 2.24) is 19.9 Å². The summed E-state index contributed by atoms with van der Waals surface area (Å²) in [4.78, 5) is 81.2. The molecule has 14 nitrogen and oxygen atoms in total. The average molecular weight is 1190 g/mol. The molecule has 0 aliphatic heterocycles. The van der Waals surface area contributed by atoms with Gasteiger partial charge in [-0.3, -0.25) is 19.2 Å². The minimum Gasteiger partial charge on any atom is -0.481 e. The molecule has 6 aromatic rings. The molecule has 1 N–H and O–H groups in total. The van der Waals surface area contributed by atoms with Gasteiger partial charge < -0.3 is 29.4 Å².